The van der Waals surface area contributed by atoms with Crippen molar-refractivity contribution in [1.29, 1.82) is 0 Å². The Morgan fingerprint density at radius 1 is 1.03 bits per heavy atom. The third-order valence-electron chi connectivity index (χ3n) is 4.79. The van der Waals surface area contributed by atoms with E-state index >= 15 is 0 Å². The minimum atomic E-state index is -1.34. The minimum Gasteiger partial charge on any atom is -0.508 e. The average Bonchev–Trinajstić information content (AvgIpc) is 2.67. The van der Waals surface area contributed by atoms with Gasteiger partial charge < -0.3 is 25.1 Å². The number of carbonyl (C=O) groups is 2. The van der Waals surface area contributed by atoms with Gasteiger partial charge in [0.1, 0.15) is 17.1 Å². The van der Waals surface area contributed by atoms with E-state index in [-0.39, 0.29) is 34.6 Å². The summed E-state index contributed by atoms with van der Waals surface area (Å²) in [5.41, 5.74) is 0.828. The van der Waals surface area contributed by atoms with E-state index in [4.69, 9.17) is 4.42 Å². The molecule has 1 unspecified atom stereocenters. The maximum absolute atomic E-state index is 12.5. The van der Waals surface area contributed by atoms with E-state index in [1.807, 2.05) is 0 Å². The summed E-state index contributed by atoms with van der Waals surface area (Å²) >= 11 is 0. The molecule has 8 heteroatoms. The van der Waals surface area contributed by atoms with Gasteiger partial charge >= 0.3 is 11.6 Å². The number of hydrogen-bond donors (Lipinski definition) is 4. The molecule has 150 valence electrons. The van der Waals surface area contributed by atoms with Gasteiger partial charge in [-0.05, 0) is 49.2 Å². The summed E-state index contributed by atoms with van der Waals surface area (Å²) in [6.45, 7) is 3.27. The summed E-state index contributed by atoms with van der Waals surface area (Å²) in [5, 5.41) is 31.5. The topological polar surface area (TPSA) is 137 Å². The summed E-state index contributed by atoms with van der Waals surface area (Å²) in [4.78, 5) is 36.5. The van der Waals surface area contributed by atoms with Crippen molar-refractivity contribution in [2.45, 2.75) is 26.3 Å². The molecule has 1 heterocycles. The Bertz CT molecular complexity index is 1160. The molecule has 0 fully saturated rings. The van der Waals surface area contributed by atoms with Crippen molar-refractivity contribution in [3.63, 3.8) is 0 Å². The smallest absolute Gasteiger partial charge is 0.340 e. The van der Waals surface area contributed by atoms with Gasteiger partial charge in [0.05, 0.1) is 12.0 Å². The highest BCUT2D eigenvalue weighted by Gasteiger charge is 2.24. The second-order valence-corrected chi connectivity index (χ2v) is 6.69. The number of phenolic OH excluding ortho intramolecular Hbond substituents is 2. The number of carboxylic acids is 1. The number of aliphatic carboxylic acids is 1. The lowest BCUT2D eigenvalue weighted by atomic mass is 10.0. The van der Waals surface area contributed by atoms with Crippen LogP contribution in [0.1, 0.15) is 28.3 Å². The van der Waals surface area contributed by atoms with Crippen LogP contribution in [0.25, 0.3) is 11.0 Å². The number of hydrogen-bond acceptors (Lipinski definition) is 6. The lowest BCUT2D eigenvalue weighted by Gasteiger charge is -2.16. The van der Waals surface area contributed by atoms with Crippen LogP contribution in [0.3, 0.4) is 0 Å². The fourth-order valence-corrected chi connectivity index (χ4v) is 3.11. The van der Waals surface area contributed by atoms with Crippen LogP contribution in [0.2, 0.25) is 0 Å². The molecule has 1 atom stereocenters. The molecule has 2 aromatic carbocycles. The van der Waals surface area contributed by atoms with Crippen molar-refractivity contribution in [2.24, 2.45) is 0 Å². The van der Waals surface area contributed by atoms with E-state index in [0.29, 0.717) is 16.5 Å². The first kappa shape index (κ1) is 19.9. The maximum atomic E-state index is 12.5. The molecule has 0 aliphatic carbocycles. The number of phenols is 2. The van der Waals surface area contributed by atoms with E-state index in [1.54, 1.807) is 19.9 Å². The van der Waals surface area contributed by atoms with Crippen molar-refractivity contribution in [2.75, 3.05) is 0 Å². The molecule has 0 saturated heterocycles. The molecule has 0 spiro atoms. The van der Waals surface area contributed by atoms with Gasteiger partial charge in [0.15, 0.2) is 6.04 Å². The van der Waals surface area contributed by atoms with Gasteiger partial charge in [0, 0.05) is 10.9 Å². The lowest BCUT2D eigenvalue weighted by molar-refractivity contribution is -0.142. The molecule has 0 bridgehead atoms. The van der Waals surface area contributed by atoms with Crippen LogP contribution in [-0.4, -0.2) is 27.2 Å². The second kappa shape index (κ2) is 7.67. The number of aromatic hydroxyl groups is 2. The van der Waals surface area contributed by atoms with Crippen LogP contribution in [0.15, 0.2) is 45.6 Å². The van der Waals surface area contributed by atoms with Gasteiger partial charge in [-0.25, -0.2) is 9.59 Å². The summed E-state index contributed by atoms with van der Waals surface area (Å²) in [6, 6.07) is 7.14. The first-order valence-corrected chi connectivity index (χ1v) is 8.75. The molecule has 0 aliphatic rings. The third kappa shape index (κ3) is 3.91. The van der Waals surface area contributed by atoms with E-state index in [2.05, 4.69) is 5.32 Å². The Morgan fingerprint density at radius 3 is 2.31 bits per heavy atom. The molecule has 4 N–H and O–H groups in total. The normalized spacial score (nSPS) is 11.9. The largest absolute Gasteiger partial charge is 0.508 e. The molecule has 8 nitrogen and oxygen atoms in total. The summed E-state index contributed by atoms with van der Waals surface area (Å²) in [6.07, 6.45) is -0.369. The fraction of sp³-hybridized carbons (Fsp3) is 0.190. The zero-order chi connectivity index (χ0) is 21.3. The van der Waals surface area contributed by atoms with E-state index < -0.39 is 23.5 Å². The number of carboxylic acid groups (broad SMARTS) is 1. The van der Waals surface area contributed by atoms with Crippen LogP contribution in [0, 0.1) is 13.8 Å². The van der Waals surface area contributed by atoms with Crippen molar-refractivity contribution < 1.29 is 29.3 Å². The van der Waals surface area contributed by atoms with E-state index in [0.717, 1.165) is 0 Å². The number of carbonyl (C=O) groups excluding carboxylic acids is 1. The number of rotatable bonds is 5. The Morgan fingerprint density at radius 2 is 1.69 bits per heavy atom. The number of fused-ring (bicyclic) bond motifs is 1. The Kier molecular flexibility index (Phi) is 5.27. The van der Waals surface area contributed by atoms with Gasteiger partial charge in [0.25, 0.3) is 0 Å². The van der Waals surface area contributed by atoms with Gasteiger partial charge in [-0.15, -0.1) is 0 Å². The number of benzene rings is 2. The summed E-state index contributed by atoms with van der Waals surface area (Å²) in [5.74, 6) is -1.99. The molecule has 1 amide bonds. The van der Waals surface area contributed by atoms with Crippen LogP contribution in [-0.2, 0) is 16.0 Å². The molecular weight excluding hydrogens is 378 g/mol. The van der Waals surface area contributed by atoms with Crippen molar-refractivity contribution in [3.05, 3.63) is 69.1 Å². The quantitative estimate of drug-likeness (QED) is 0.485. The predicted octanol–water partition coefficient (Wildman–Crippen LogP) is 2.31. The van der Waals surface area contributed by atoms with Gasteiger partial charge in [-0.2, -0.15) is 0 Å². The number of nitrogens with one attached hydrogen (secondary N) is 1. The molecule has 29 heavy (non-hydrogen) atoms. The first-order valence-electron chi connectivity index (χ1n) is 8.75. The van der Waals surface area contributed by atoms with E-state index in [9.17, 15) is 29.7 Å². The second-order valence-electron chi connectivity index (χ2n) is 6.69. The minimum absolute atomic E-state index is 0.0104. The third-order valence-corrected chi connectivity index (χ3v) is 4.79. The number of aryl methyl sites for hydroxylation is 2. The Hall–Kier alpha value is -3.81. The molecular formula is C21H19NO7. The highest BCUT2D eigenvalue weighted by molar-refractivity contribution is 5.89. The van der Waals surface area contributed by atoms with Gasteiger partial charge in [-0.3, -0.25) is 4.79 Å². The van der Waals surface area contributed by atoms with Crippen LogP contribution in [0.5, 0.6) is 11.5 Å². The highest BCUT2D eigenvalue weighted by atomic mass is 16.4. The maximum Gasteiger partial charge on any atom is 0.340 e. The lowest BCUT2D eigenvalue weighted by Crippen LogP contribution is -2.35. The zero-order valence-electron chi connectivity index (χ0n) is 15.7. The molecule has 0 saturated carbocycles. The highest BCUT2D eigenvalue weighted by Crippen LogP contribution is 2.28. The van der Waals surface area contributed by atoms with Crippen LogP contribution < -0.4 is 10.9 Å². The van der Waals surface area contributed by atoms with Crippen molar-refractivity contribution in [1.82, 2.24) is 5.32 Å². The summed E-state index contributed by atoms with van der Waals surface area (Å²) in [7, 11) is 0. The SMILES string of the molecule is Cc1c(CC(=O)NC(C(=O)O)c2ccc(O)cc2)c(=O)oc2c(C)c(O)ccc12. The molecule has 3 rings (SSSR count). The van der Waals surface area contributed by atoms with Gasteiger partial charge in [-0.1, -0.05) is 12.1 Å². The van der Waals surface area contributed by atoms with Gasteiger partial charge in [0.2, 0.25) is 5.91 Å². The molecule has 0 radical (unpaired) electrons. The molecule has 3 aromatic rings. The first-order chi connectivity index (χ1) is 13.7. The van der Waals surface area contributed by atoms with Crippen LogP contribution in [0.4, 0.5) is 0 Å². The Labute approximate surface area is 165 Å². The van der Waals surface area contributed by atoms with Crippen molar-refractivity contribution >= 4 is 22.8 Å². The standard InChI is InChI=1S/C21H19NO7/c1-10-14-7-8-16(24)11(2)19(14)29-21(28)15(10)9-17(25)22-18(20(26)27)12-3-5-13(23)6-4-12/h3-8,18,23-24H,9H2,1-2H3,(H,22,25)(H,26,27). The Balaban J connectivity index is 1.91. The van der Waals surface area contributed by atoms with E-state index in [1.165, 1.54) is 30.3 Å². The molecule has 1 aromatic heterocycles. The van der Waals surface area contributed by atoms with Crippen molar-refractivity contribution in [3.8, 4) is 11.5 Å². The zero-order valence-corrected chi connectivity index (χ0v) is 15.7. The average molecular weight is 397 g/mol. The van der Waals surface area contributed by atoms with Crippen LogP contribution >= 0.6 is 0 Å². The predicted molar refractivity (Wildman–Crippen MR) is 104 cm³/mol. The molecule has 0 aliphatic heterocycles. The fourth-order valence-electron chi connectivity index (χ4n) is 3.11. The monoisotopic (exact) mass is 397 g/mol. The summed E-state index contributed by atoms with van der Waals surface area (Å²) < 4.78 is 5.30. The number of amides is 1.